The first-order valence-electron chi connectivity index (χ1n) is 6.30. The average Bonchev–Trinajstić information content (AvgIpc) is 2.47. The molecular formula is C15H17N3O3. The summed E-state index contributed by atoms with van der Waals surface area (Å²) in [7, 11) is 3.00. The second-order valence-corrected chi connectivity index (χ2v) is 4.43. The third kappa shape index (κ3) is 3.22. The number of carbonyl (C=O) groups excluding carboxylic acids is 1. The van der Waals surface area contributed by atoms with Gasteiger partial charge in [0.25, 0.3) is 5.91 Å². The van der Waals surface area contributed by atoms with Crippen molar-refractivity contribution in [3.8, 4) is 11.5 Å². The van der Waals surface area contributed by atoms with Crippen LogP contribution < -0.4 is 20.5 Å². The van der Waals surface area contributed by atoms with E-state index in [2.05, 4.69) is 10.3 Å². The van der Waals surface area contributed by atoms with E-state index in [1.54, 1.807) is 30.5 Å². The van der Waals surface area contributed by atoms with Crippen molar-refractivity contribution in [3.63, 3.8) is 0 Å². The third-order valence-corrected chi connectivity index (χ3v) is 2.97. The maximum atomic E-state index is 12.4. The maximum absolute atomic E-state index is 12.4. The molecule has 3 N–H and O–H groups in total. The highest BCUT2D eigenvalue weighted by atomic mass is 16.5. The van der Waals surface area contributed by atoms with Gasteiger partial charge in [0.15, 0.2) is 0 Å². The smallest absolute Gasteiger partial charge is 0.258 e. The van der Waals surface area contributed by atoms with Crippen molar-refractivity contribution in [2.75, 3.05) is 25.3 Å². The number of carbonyl (C=O) groups is 1. The normalized spacial score (nSPS) is 10.0. The number of rotatable bonds is 4. The fraction of sp³-hybridized carbons (Fsp3) is 0.200. The van der Waals surface area contributed by atoms with Gasteiger partial charge in [0, 0.05) is 23.6 Å². The van der Waals surface area contributed by atoms with Crippen LogP contribution in [0.1, 0.15) is 16.1 Å². The van der Waals surface area contributed by atoms with E-state index in [1.807, 2.05) is 6.92 Å². The number of ether oxygens (including phenoxy) is 2. The summed E-state index contributed by atoms with van der Waals surface area (Å²) < 4.78 is 10.3. The van der Waals surface area contributed by atoms with Gasteiger partial charge in [0.1, 0.15) is 11.5 Å². The molecule has 2 rings (SSSR count). The first-order chi connectivity index (χ1) is 10.0. The van der Waals surface area contributed by atoms with Crippen molar-refractivity contribution in [1.29, 1.82) is 0 Å². The number of aryl methyl sites for hydroxylation is 1. The number of anilines is 2. The van der Waals surface area contributed by atoms with Gasteiger partial charge in [-0.15, -0.1) is 0 Å². The number of nitrogens with two attached hydrogens (primary N) is 1. The van der Waals surface area contributed by atoms with Crippen molar-refractivity contribution >= 4 is 17.3 Å². The largest absolute Gasteiger partial charge is 0.497 e. The topological polar surface area (TPSA) is 86.5 Å². The van der Waals surface area contributed by atoms with Gasteiger partial charge in [0.2, 0.25) is 0 Å². The van der Waals surface area contributed by atoms with Gasteiger partial charge in [-0.2, -0.15) is 0 Å². The lowest BCUT2D eigenvalue weighted by Crippen LogP contribution is -2.15. The Kier molecular flexibility index (Phi) is 4.27. The number of amides is 1. The lowest BCUT2D eigenvalue weighted by atomic mass is 10.1. The van der Waals surface area contributed by atoms with E-state index in [1.165, 1.54) is 14.2 Å². The van der Waals surface area contributed by atoms with Crippen molar-refractivity contribution < 1.29 is 14.3 Å². The van der Waals surface area contributed by atoms with Crippen molar-refractivity contribution in [2.45, 2.75) is 6.92 Å². The Bertz CT molecular complexity index is 671. The maximum Gasteiger partial charge on any atom is 0.258 e. The van der Waals surface area contributed by atoms with Crippen LogP contribution in [0.25, 0.3) is 0 Å². The molecular weight excluding hydrogens is 270 g/mol. The van der Waals surface area contributed by atoms with Crippen LogP contribution in [0.3, 0.4) is 0 Å². The molecule has 0 fully saturated rings. The number of aromatic nitrogens is 1. The van der Waals surface area contributed by atoms with Crippen LogP contribution in [0.4, 0.5) is 11.4 Å². The molecule has 0 radical (unpaired) electrons. The average molecular weight is 287 g/mol. The predicted octanol–water partition coefficient (Wildman–Crippen LogP) is 2.24. The highest BCUT2D eigenvalue weighted by molar-refractivity contribution is 6.08. The molecule has 0 aliphatic rings. The molecule has 6 nitrogen and oxygen atoms in total. The third-order valence-electron chi connectivity index (χ3n) is 2.97. The summed E-state index contributed by atoms with van der Waals surface area (Å²) in [6.07, 6.45) is 1.63. The van der Waals surface area contributed by atoms with Crippen LogP contribution in [0.5, 0.6) is 11.5 Å². The van der Waals surface area contributed by atoms with Gasteiger partial charge in [-0.3, -0.25) is 9.78 Å². The Morgan fingerprint density at radius 1 is 1.24 bits per heavy atom. The van der Waals surface area contributed by atoms with E-state index < -0.39 is 0 Å². The SMILES string of the molecule is COc1cc(OC)c(N)c(C(=O)Nc2ccnc(C)c2)c1. The zero-order valence-corrected chi connectivity index (χ0v) is 12.1. The van der Waals surface area contributed by atoms with Crippen molar-refractivity contribution in [2.24, 2.45) is 0 Å². The number of hydrogen-bond acceptors (Lipinski definition) is 5. The summed E-state index contributed by atoms with van der Waals surface area (Å²) in [5.74, 6) is 0.554. The minimum absolute atomic E-state index is 0.265. The minimum Gasteiger partial charge on any atom is -0.497 e. The van der Waals surface area contributed by atoms with Crippen LogP contribution in [0, 0.1) is 6.92 Å². The summed E-state index contributed by atoms with van der Waals surface area (Å²) in [6, 6.07) is 6.67. The quantitative estimate of drug-likeness (QED) is 0.842. The van der Waals surface area contributed by atoms with Crippen molar-refractivity contribution in [1.82, 2.24) is 4.98 Å². The molecule has 1 heterocycles. The van der Waals surface area contributed by atoms with Gasteiger partial charge in [-0.1, -0.05) is 0 Å². The molecule has 0 spiro atoms. The second-order valence-electron chi connectivity index (χ2n) is 4.43. The Morgan fingerprint density at radius 3 is 2.62 bits per heavy atom. The van der Waals surface area contributed by atoms with Gasteiger partial charge >= 0.3 is 0 Å². The molecule has 0 aliphatic heterocycles. The summed E-state index contributed by atoms with van der Waals surface area (Å²) in [6.45, 7) is 1.85. The molecule has 0 unspecified atom stereocenters. The fourth-order valence-corrected chi connectivity index (χ4v) is 1.90. The first kappa shape index (κ1) is 14.6. The number of nitrogens with zero attached hydrogens (tertiary/aromatic N) is 1. The molecule has 6 heteroatoms. The summed E-state index contributed by atoms with van der Waals surface area (Å²) >= 11 is 0. The number of pyridine rings is 1. The Hall–Kier alpha value is -2.76. The number of nitrogens with one attached hydrogen (secondary N) is 1. The molecule has 110 valence electrons. The lowest BCUT2D eigenvalue weighted by molar-refractivity contribution is 0.102. The second kappa shape index (κ2) is 6.13. The number of benzene rings is 1. The number of hydrogen-bond donors (Lipinski definition) is 2. The minimum atomic E-state index is -0.338. The molecule has 0 saturated carbocycles. The van der Waals surface area contributed by atoms with E-state index in [0.717, 1.165) is 5.69 Å². The zero-order chi connectivity index (χ0) is 15.4. The molecule has 0 bridgehead atoms. The van der Waals surface area contributed by atoms with Gasteiger partial charge in [0.05, 0.1) is 25.5 Å². The standard InChI is InChI=1S/C15H17N3O3/c1-9-6-10(4-5-17-9)18-15(19)12-7-11(20-2)8-13(21-3)14(12)16/h4-8H,16H2,1-3H3,(H,17,18,19). The molecule has 21 heavy (non-hydrogen) atoms. The molecule has 2 aromatic rings. The van der Waals surface area contributed by atoms with Gasteiger partial charge < -0.3 is 20.5 Å². The Morgan fingerprint density at radius 2 is 2.00 bits per heavy atom. The van der Waals surface area contributed by atoms with Gasteiger partial charge in [-0.25, -0.2) is 0 Å². The number of nitrogen functional groups attached to an aromatic ring is 1. The molecule has 0 atom stereocenters. The lowest BCUT2D eigenvalue weighted by Gasteiger charge is -2.13. The van der Waals surface area contributed by atoms with E-state index in [4.69, 9.17) is 15.2 Å². The van der Waals surface area contributed by atoms with Crippen molar-refractivity contribution in [3.05, 3.63) is 41.7 Å². The van der Waals surface area contributed by atoms with Gasteiger partial charge in [-0.05, 0) is 25.1 Å². The molecule has 1 aromatic heterocycles. The van der Waals surface area contributed by atoms with E-state index in [9.17, 15) is 4.79 Å². The summed E-state index contributed by atoms with van der Waals surface area (Å²) in [5, 5.41) is 2.77. The monoisotopic (exact) mass is 287 g/mol. The van der Waals surface area contributed by atoms with Crippen LogP contribution in [0.2, 0.25) is 0 Å². The van der Waals surface area contributed by atoms with E-state index in [-0.39, 0.29) is 11.6 Å². The Labute approximate surface area is 122 Å². The van der Waals surface area contributed by atoms with Crippen LogP contribution in [0.15, 0.2) is 30.5 Å². The fourth-order valence-electron chi connectivity index (χ4n) is 1.90. The number of methoxy groups -OCH3 is 2. The highest BCUT2D eigenvalue weighted by Crippen LogP contribution is 2.31. The molecule has 0 aliphatic carbocycles. The van der Waals surface area contributed by atoms with Crippen LogP contribution >= 0.6 is 0 Å². The highest BCUT2D eigenvalue weighted by Gasteiger charge is 2.16. The summed E-state index contributed by atoms with van der Waals surface area (Å²) in [5.41, 5.74) is 7.96. The van der Waals surface area contributed by atoms with Crippen LogP contribution in [-0.2, 0) is 0 Å². The van der Waals surface area contributed by atoms with Crippen LogP contribution in [-0.4, -0.2) is 25.1 Å². The van der Waals surface area contributed by atoms with E-state index >= 15 is 0 Å². The zero-order valence-electron chi connectivity index (χ0n) is 12.1. The molecule has 0 saturated heterocycles. The molecule has 1 amide bonds. The summed E-state index contributed by atoms with van der Waals surface area (Å²) in [4.78, 5) is 16.4. The van der Waals surface area contributed by atoms with E-state index in [0.29, 0.717) is 22.7 Å². The Balaban J connectivity index is 2.34. The molecule has 1 aromatic carbocycles. The predicted molar refractivity (Wildman–Crippen MR) is 80.9 cm³/mol. The first-order valence-corrected chi connectivity index (χ1v) is 6.30.